The van der Waals surface area contributed by atoms with Gasteiger partial charge < -0.3 is 19.8 Å². The first-order chi connectivity index (χ1) is 15.4. The number of hydrogen-bond donors (Lipinski definition) is 1. The summed E-state index contributed by atoms with van der Waals surface area (Å²) in [6, 6.07) is 2.69. The fourth-order valence-electron chi connectivity index (χ4n) is 2.73. The summed E-state index contributed by atoms with van der Waals surface area (Å²) in [5, 5.41) is 3.26. The van der Waals surface area contributed by atoms with Crippen LogP contribution in [0, 0.1) is 0 Å². The van der Waals surface area contributed by atoms with Crippen molar-refractivity contribution < 1.29 is 37.2 Å². The van der Waals surface area contributed by atoms with Gasteiger partial charge in [-0.05, 0) is 25.1 Å². The van der Waals surface area contributed by atoms with E-state index in [0.29, 0.717) is 13.1 Å². The number of hydrogen-bond acceptors (Lipinski definition) is 6. The summed E-state index contributed by atoms with van der Waals surface area (Å²) < 4.78 is 38.5. The van der Waals surface area contributed by atoms with E-state index < -0.39 is 23.7 Å². The molecule has 0 aliphatic carbocycles. The number of aldehydes is 1. The van der Waals surface area contributed by atoms with E-state index in [9.17, 15) is 27.6 Å². The molecule has 0 atom stereocenters. The molecule has 0 saturated carbocycles. The van der Waals surface area contributed by atoms with Crippen LogP contribution < -0.4 is 5.32 Å². The molecule has 9 nitrogen and oxygen atoms in total. The average molecular weight is 495 g/mol. The Labute approximate surface area is 194 Å². The Bertz CT molecular complexity index is 845. The van der Waals surface area contributed by atoms with Gasteiger partial charge >= 0.3 is 12.3 Å². The third-order valence-electron chi connectivity index (χ3n) is 4.43. The lowest BCUT2D eigenvalue weighted by Gasteiger charge is -2.34. The van der Waals surface area contributed by atoms with E-state index in [1.165, 1.54) is 18.9 Å². The lowest BCUT2D eigenvalue weighted by atomic mass is 10.2. The number of nitrogens with zero attached hydrogens (tertiary/aromatic N) is 3. The van der Waals surface area contributed by atoms with Crippen LogP contribution in [0.2, 0.25) is 5.02 Å². The summed E-state index contributed by atoms with van der Waals surface area (Å²) >= 11 is 5.88. The molecule has 184 valence electrons. The number of halogens is 4. The van der Waals surface area contributed by atoms with Gasteiger partial charge in [0.2, 0.25) is 5.91 Å². The quantitative estimate of drug-likeness (QED) is 0.510. The molecule has 1 N–H and O–H groups in total. The molecular formula is C20H26ClF3N4O5. The first-order valence-corrected chi connectivity index (χ1v) is 10.3. The van der Waals surface area contributed by atoms with E-state index in [1.807, 2.05) is 0 Å². The van der Waals surface area contributed by atoms with Crippen molar-refractivity contribution in [2.75, 3.05) is 45.1 Å². The van der Waals surface area contributed by atoms with Gasteiger partial charge in [-0.15, -0.1) is 0 Å². The van der Waals surface area contributed by atoms with Crippen LogP contribution in [-0.2, 0) is 25.4 Å². The number of amides is 3. The minimum Gasteiger partial charge on any atom is -0.324 e. The van der Waals surface area contributed by atoms with Crippen LogP contribution in [-0.4, -0.2) is 78.8 Å². The van der Waals surface area contributed by atoms with Gasteiger partial charge in [-0.2, -0.15) is 18.2 Å². The van der Waals surface area contributed by atoms with E-state index >= 15 is 0 Å². The Kier molecular flexibility index (Phi) is 11.1. The van der Waals surface area contributed by atoms with E-state index in [2.05, 4.69) is 5.32 Å². The Hall–Kier alpha value is -2.86. The number of rotatable bonds is 4. The molecule has 1 aliphatic rings. The molecule has 1 aromatic carbocycles. The summed E-state index contributed by atoms with van der Waals surface area (Å²) in [7, 11) is 1.35. The number of benzene rings is 1. The maximum Gasteiger partial charge on any atom is 0.434 e. The van der Waals surface area contributed by atoms with Crippen molar-refractivity contribution in [1.82, 2.24) is 14.9 Å². The Balaban J connectivity index is 0.00000172. The monoisotopic (exact) mass is 494 g/mol. The summed E-state index contributed by atoms with van der Waals surface area (Å²) in [5.41, 5.74) is -1.04. The minimum absolute atomic E-state index is 0.00494. The Morgan fingerprint density at radius 3 is 2.30 bits per heavy atom. The van der Waals surface area contributed by atoms with Gasteiger partial charge in [0.1, 0.15) is 6.29 Å². The predicted octanol–water partition coefficient (Wildman–Crippen LogP) is 3.04. The van der Waals surface area contributed by atoms with E-state index in [-0.39, 0.29) is 42.7 Å². The maximum atomic E-state index is 12.8. The minimum atomic E-state index is -4.55. The zero-order valence-electron chi connectivity index (χ0n) is 18.4. The molecule has 1 aliphatic heterocycles. The number of nitrogens with one attached hydrogen (secondary N) is 1. The van der Waals surface area contributed by atoms with Crippen LogP contribution in [0.25, 0.3) is 0 Å². The average Bonchev–Trinajstić information content (AvgIpc) is 2.74. The highest BCUT2D eigenvalue weighted by Gasteiger charge is 2.31. The normalized spacial score (nSPS) is 14.0. The molecule has 13 heteroatoms. The van der Waals surface area contributed by atoms with Gasteiger partial charge in [0.15, 0.2) is 0 Å². The lowest BCUT2D eigenvalue weighted by molar-refractivity contribution is -0.162. The number of piperazine rings is 1. The van der Waals surface area contributed by atoms with Crippen LogP contribution in [0.1, 0.15) is 25.8 Å². The zero-order chi connectivity index (χ0) is 25.2. The number of carbonyl (C=O) groups is 4. The molecule has 33 heavy (non-hydrogen) atoms. The van der Waals surface area contributed by atoms with Crippen molar-refractivity contribution in [2.24, 2.45) is 0 Å². The van der Waals surface area contributed by atoms with E-state index in [4.69, 9.17) is 21.2 Å². The van der Waals surface area contributed by atoms with Crippen LogP contribution in [0.15, 0.2) is 18.2 Å². The number of alkyl halides is 3. The molecule has 0 radical (unpaired) electrons. The molecule has 0 spiro atoms. The smallest absolute Gasteiger partial charge is 0.324 e. The fraction of sp³-hybridized carbons (Fsp3) is 0.500. The largest absolute Gasteiger partial charge is 0.434 e. The van der Waals surface area contributed by atoms with Crippen LogP contribution in [0.3, 0.4) is 0 Å². The first kappa shape index (κ1) is 28.2. The van der Waals surface area contributed by atoms with Crippen LogP contribution in [0.4, 0.5) is 23.7 Å². The topological polar surface area (TPSA) is 99.3 Å². The molecule has 1 heterocycles. The number of hydroxylamine groups is 2. The molecule has 0 aromatic heterocycles. The molecule has 2 rings (SSSR count). The van der Waals surface area contributed by atoms with Gasteiger partial charge in [0.05, 0.1) is 22.8 Å². The fourth-order valence-corrected chi connectivity index (χ4v) is 2.89. The van der Waals surface area contributed by atoms with Crippen molar-refractivity contribution >= 4 is 41.5 Å². The molecule has 1 aromatic rings. The molecule has 1 saturated heterocycles. The van der Waals surface area contributed by atoms with E-state index in [0.717, 1.165) is 29.5 Å². The number of anilines is 1. The molecule has 3 amide bonds. The van der Waals surface area contributed by atoms with Gasteiger partial charge in [0.25, 0.3) is 5.91 Å². The van der Waals surface area contributed by atoms with Gasteiger partial charge in [0, 0.05) is 39.6 Å². The molecule has 1 fully saturated rings. The SMILES string of the molecule is CC=O.CCC(=O)N(C)OC(=O)N1CCN(CC(=O)Nc2cc(C(F)(F)F)ccc2Cl)CC1. The van der Waals surface area contributed by atoms with Crippen molar-refractivity contribution in [2.45, 2.75) is 26.4 Å². The Morgan fingerprint density at radius 1 is 1.21 bits per heavy atom. The van der Waals surface area contributed by atoms with E-state index in [1.54, 1.807) is 11.8 Å². The summed E-state index contributed by atoms with van der Waals surface area (Å²) in [6.45, 7) is 4.25. The van der Waals surface area contributed by atoms with Gasteiger partial charge in [-0.1, -0.05) is 18.5 Å². The third-order valence-corrected chi connectivity index (χ3v) is 4.76. The summed E-state index contributed by atoms with van der Waals surface area (Å²) in [4.78, 5) is 52.6. The maximum absolute atomic E-state index is 12.8. The highest BCUT2D eigenvalue weighted by molar-refractivity contribution is 6.33. The van der Waals surface area contributed by atoms with Crippen molar-refractivity contribution in [3.63, 3.8) is 0 Å². The standard InChI is InChI=1S/C18H22ClF3N4O4.C2H4O/c1-3-16(28)24(2)30-17(29)26-8-6-25(7-9-26)11-15(27)23-14-10-12(18(20,21)22)4-5-13(14)19;1-2-3/h4-5,10H,3,6-9,11H2,1-2H3,(H,23,27);2H,1H3. The van der Waals surface area contributed by atoms with Crippen molar-refractivity contribution in [3.05, 3.63) is 28.8 Å². The van der Waals surface area contributed by atoms with Crippen LogP contribution >= 0.6 is 11.6 Å². The summed E-state index contributed by atoms with van der Waals surface area (Å²) in [5.74, 6) is -0.868. The Morgan fingerprint density at radius 2 is 1.79 bits per heavy atom. The highest BCUT2D eigenvalue weighted by Crippen LogP contribution is 2.33. The second-order valence-electron chi connectivity index (χ2n) is 6.84. The lowest BCUT2D eigenvalue weighted by Crippen LogP contribution is -2.51. The molecular weight excluding hydrogens is 469 g/mol. The second-order valence-corrected chi connectivity index (χ2v) is 7.25. The summed E-state index contributed by atoms with van der Waals surface area (Å²) in [6.07, 6.45) is -4.27. The molecule has 0 unspecified atom stereocenters. The van der Waals surface area contributed by atoms with Crippen molar-refractivity contribution in [3.8, 4) is 0 Å². The predicted molar refractivity (Wildman–Crippen MR) is 114 cm³/mol. The zero-order valence-corrected chi connectivity index (χ0v) is 19.2. The molecule has 0 bridgehead atoms. The highest BCUT2D eigenvalue weighted by atomic mass is 35.5. The van der Waals surface area contributed by atoms with Gasteiger partial charge in [-0.25, -0.2) is 4.79 Å². The van der Waals surface area contributed by atoms with Gasteiger partial charge in [-0.3, -0.25) is 14.5 Å². The second kappa shape index (κ2) is 13.0. The van der Waals surface area contributed by atoms with Crippen molar-refractivity contribution in [1.29, 1.82) is 0 Å². The number of carbonyl (C=O) groups excluding carboxylic acids is 4. The third kappa shape index (κ3) is 9.26. The first-order valence-electron chi connectivity index (χ1n) is 9.95. The van der Waals surface area contributed by atoms with Crippen LogP contribution in [0.5, 0.6) is 0 Å².